The molecular weight excluding hydrogens is 477 g/mol. The first-order chi connectivity index (χ1) is 11.7. The summed E-state index contributed by atoms with van der Waals surface area (Å²) in [6.45, 7) is 2.49. The Morgan fingerprint density at radius 2 is 1.12 bits per heavy atom. The molecule has 3 aliphatic carbocycles. The predicted molar refractivity (Wildman–Crippen MR) is 96.0 cm³/mol. The maximum absolute atomic E-state index is 5.22. The average Bonchev–Trinajstić information content (AvgIpc) is 3.34. The first-order valence-electron chi connectivity index (χ1n) is 10.2. The molecule has 0 aromatic carbocycles. The van der Waals surface area contributed by atoms with Crippen molar-refractivity contribution in [1.82, 2.24) is 9.13 Å². The minimum atomic E-state index is 0.583. The zero-order chi connectivity index (χ0) is 16.8. The van der Waals surface area contributed by atoms with Crippen molar-refractivity contribution in [1.29, 1.82) is 0 Å². The van der Waals surface area contributed by atoms with E-state index in [9.17, 15) is 0 Å². The summed E-state index contributed by atoms with van der Waals surface area (Å²) in [6.07, 6.45) is 21.6. The van der Waals surface area contributed by atoms with Gasteiger partial charge in [0.15, 0.2) is 0 Å². The van der Waals surface area contributed by atoms with Crippen LogP contribution in [0.1, 0.15) is 77.0 Å². The number of hydrogen-bond acceptors (Lipinski definition) is 1. The van der Waals surface area contributed by atoms with E-state index in [0.717, 1.165) is 11.8 Å². The fourth-order valence-electron chi connectivity index (χ4n) is 4.09. The fourth-order valence-corrected chi connectivity index (χ4v) is 4.85. The molecule has 4 heteroatoms. The Bertz CT molecular complexity index is 491. The second-order valence-electron chi connectivity index (χ2n) is 8.19. The van der Waals surface area contributed by atoms with Crippen molar-refractivity contribution in [2.24, 2.45) is 17.6 Å². The zero-order valence-electron chi connectivity index (χ0n) is 15.1. The quantitative estimate of drug-likeness (QED) is 0.627. The van der Waals surface area contributed by atoms with Crippen LogP contribution in [-0.2, 0) is 32.4 Å². The Balaban J connectivity index is 0.000000370. The summed E-state index contributed by atoms with van der Waals surface area (Å²) < 4.78 is 6.45. The first-order valence-corrected chi connectivity index (χ1v) is 11.3. The first kappa shape index (κ1) is 18.6. The molecule has 0 radical (unpaired) electrons. The molecule has 0 spiro atoms. The van der Waals surface area contributed by atoms with Gasteiger partial charge in [0.2, 0.25) is 0 Å². The van der Waals surface area contributed by atoms with Gasteiger partial charge in [0.25, 0.3) is 0 Å². The molecule has 140 valence electrons. The Morgan fingerprint density at radius 1 is 0.750 bits per heavy atom. The number of aromatic nitrogens is 2. The zero-order valence-corrected chi connectivity index (χ0v) is 17.3. The van der Waals surface area contributed by atoms with E-state index in [1.807, 2.05) is 0 Å². The average molecular weight is 513 g/mol. The molecule has 0 aliphatic heterocycles. The molecule has 3 fully saturated rings. The molecule has 0 amide bonds. The number of nitrogens with zero attached hydrogens (tertiary/aromatic N) is 2. The molecule has 4 rings (SSSR count). The van der Waals surface area contributed by atoms with Gasteiger partial charge < -0.3 is 5.73 Å². The summed E-state index contributed by atoms with van der Waals surface area (Å²) in [5, 5.41) is 0. The second kappa shape index (κ2) is 9.53. The van der Waals surface area contributed by atoms with E-state index in [2.05, 4.69) is 40.9 Å². The van der Waals surface area contributed by atoms with E-state index in [1.165, 1.54) is 93.9 Å². The molecule has 0 unspecified atom stereocenters. The van der Waals surface area contributed by atoms with Crippen molar-refractivity contribution < 1.29 is 19.4 Å². The third-order valence-corrected chi connectivity index (χ3v) is 7.15. The molecule has 3 aliphatic rings. The van der Waals surface area contributed by atoms with Crippen molar-refractivity contribution in [2.45, 2.75) is 96.2 Å². The van der Waals surface area contributed by atoms with Gasteiger partial charge in [0.1, 0.15) is 0 Å². The third-order valence-electron chi connectivity index (χ3n) is 5.85. The molecular formula is C20H35N3Pt. The number of nitrogens with two attached hydrogens (primary N) is 1. The minimum absolute atomic E-state index is 0.583. The van der Waals surface area contributed by atoms with Gasteiger partial charge >= 0.3 is 134 Å². The van der Waals surface area contributed by atoms with Crippen molar-refractivity contribution in [3.8, 4) is 0 Å². The van der Waals surface area contributed by atoms with Crippen LogP contribution in [0.15, 0.2) is 12.4 Å². The summed E-state index contributed by atoms with van der Waals surface area (Å²) in [4.78, 5) is 0. The summed E-state index contributed by atoms with van der Waals surface area (Å²) in [7, 11) is 0. The van der Waals surface area contributed by atoms with Gasteiger partial charge in [-0.15, -0.1) is 0 Å². The van der Waals surface area contributed by atoms with Crippen molar-refractivity contribution in [2.75, 3.05) is 0 Å². The Kier molecular flexibility index (Phi) is 7.40. The molecule has 1 aromatic rings. The topological polar surface area (TPSA) is 35.9 Å². The number of imidazole rings is 1. The van der Waals surface area contributed by atoms with E-state index in [-0.39, 0.29) is 0 Å². The summed E-state index contributed by atoms with van der Waals surface area (Å²) in [5.41, 5.74) is 5.22. The molecule has 0 bridgehead atoms. The summed E-state index contributed by atoms with van der Waals surface area (Å²) >= 11 is 2.54. The van der Waals surface area contributed by atoms with Crippen LogP contribution in [-0.4, -0.2) is 15.2 Å². The van der Waals surface area contributed by atoms with Gasteiger partial charge in [-0.25, -0.2) is 0 Å². The summed E-state index contributed by atoms with van der Waals surface area (Å²) in [5.74, 6) is 1.85. The van der Waals surface area contributed by atoms with Gasteiger partial charge in [-0.3, -0.25) is 0 Å². The third kappa shape index (κ3) is 5.99. The van der Waals surface area contributed by atoms with Crippen molar-refractivity contribution >= 4 is 0 Å². The number of rotatable bonds is 4. The predicted octanol–water partition coefficient (Wildman–Crippen LogP) is 4.64. The van der Waals surface area contributed by atoms with E-state index in [0.29, 0.717) is 6.04 Å². The molecule has 0 saturated heterocycles. The van der Waals surface area contributed by atoms with Crippen molar-refractivity contribution in [3.63, 3.8) is 0 Å². The Morgan fingerprint density at radius 3 is 1.46 bits per heavy atom. The SMILES string of the molecule is NC1CC1.[Pt]=[c]1n(CC2CCCCC2)ccn1CC1CCCCC1. The molecule has 24 heavy (non-hydrogen) atoms. The van der Waals surface area contributed by atoms with Crippen LogP contribution >= 0.6 is 0 Å². The molecule has 1 aromatic heterocycles. The van der Waals surface area contributed by atoms with E-state index >= 15 is 0 Å². The molecule has 3 saturated carbocycles. The monoisotopic (exact) mass is 512 g/mol. The van der Waals surface area contributed by atoms with Crippen LogP contribution in [0.5, 0.6) is 0 Å². The van der Waals surface area contributed by atoms with Gasteiger partial charge in [-0.2, -0.15) is 0 Å². The van der Waals surface area contributed by atoms with E-state index in [4.69, 9.17) is 5.73 Å². The maximum atomic E-state index is 5.22. The second-order valence-corrected chi connectivity index (χ2v) is 9.21. The Labute approximate surface area is 158 Å². The van der Waals surface area contributed by atoms with Gasteiger partial charge in [-0.05, 0) is 12.8 Å². The Hall–Kier alpha value is -0.142. The van der Waals surface area contributed by atoms with Gasteiger partial charge in [-0.1, -0.05) is 0 Å². The molecule has 3 nitrogen and oxygen atoms in total. The molecule has 0 atom stereocenters. The normalized spacial score (nSPS) is 23.0. The molecule has 1 heterocycles. The summed E-state index contributed by atoms with van der Waals surface area (Å²) in [6, 6.07) is 0.583. The van der Waals surface area contributed by atoms with E-state index in [1.54, 1.807) is 0 Å². The standard InChI is InChI=1S/C17H28N2.C3H7N.Pt/c1-3-7-16(8-4-1)13-18-11-12-19(15-18)14-17-9-5-2-6-10-17;4-3-1-2-3;/h11-12,16-17H,1-10,13-14H2;3H,1-2,4H2;. The van der Waals surface area contributed by atoms with Crippen LogP contribution in [0.4, 0.5) is 0 Å². The van der Waals surface area contributed by atoms with Crippen LogP contribution in [0.3, 0.4) is 0 Å². The van der Waals surface area contributed by atoms with Crippen LogP contribution in [0.2, 0.25) is 0 Å². The van der Waals surface area contributed by atoms with Crippen LogP contribution < -0.4 is 5.73 Å². The van der Waals surface area contributed by atoms with Crippen LogP contribution in [0.25, 0.3) is 0 Å². The fraction of sp³-hybridized carbons (Fsp3) is 0.850. The van der Waals surface area contributed by atoms with E-state index < -0.39 is 0 Å². The van der Waals surface area contributed by atoms with Crippen molar-refractivity contribution in [3.05, 3.63) is 16.2 Å². The number of hydrogen-bond donors (Lipinski definition) is 1. The van der Waals surface area contributed by atoms with Crippen LogP contribution in [0, 0.1) is 15.6 Å². The molecule has 2 N–H and O–H groups in total. The van der Waals surface area contributed by atoms with Gasteiger partial charge in [0.05, 0.1) is 0 Å². The van der Waals surface area contributed by atoms with Gasteiger partial charge in [0, 0.05) is 6.04 Å².